The van der Waals surface area contributed by atoms with E-state index in [4.69, 9.17) is 4.74 Å². The van der Waals surface area contributed by atoms with E-state index in [1.807, 2.05) is 6.07 Å². The average Bonchev–Trinajstić information content (AvgIpc) is 3.10. The summed E-state index contributed by atoms with van der Waals surface area (Å²) in [7, 11) is 0. The lowest BCUT2D eigenvalue weighted by atomic mass is 9.97. The largest absolute Gasteiger partial charge is 0.410 e. The Morgan fingerprint density at radius 2 is 1.97 bits per heavy atom. The first kappa shape index (κ1) is 22.1. The molecule has 2 atom stereocenters. The highest BCUT2D eigenvalue weighted by Crippen LogP contribution is 2.46. The molecule has 7 nitrogen and oxygen atoms in total. The van der Waals surface area contributed by atoms with Gasteiger partial charge in [0.25, 0.3) is 5.91 Å². The summed E-state index contributed by atoms with van der Waals surface area (Å²) in [6, 6.07) is 6.56. The lowest BCUT2D eigenvalue weighted by Gasteiger charge is -2.33. The summed E-state index contributed by atoms with van der Waals surface area (Å²) in [6.45, 7) is 3.89. The van der Waals surface area contributed by atoms with Gasteiger partial charge in [-0.15, -0.1) is 0 Å². The maximum Gasteiger partial charge on any atom is 0.410 e. The molecular formula is C20H23BrF3N5O2. The third-order valence-electron chi connectivity index (χ3n) is 5.53. The average molecular weight is 502 g/mol. The molecule has 2 N–H and O–H groups in total. The van der Waals surface area contributed by atoms with Crippen LogP contribution in [0.25, 0.3) is 0 Å². The maximum absolute atomic E-state index is 13.8. The van der Waals surface area contributed by atoms with Gasteiger partial charge in [0, 0.05) is 32.6 Å². The Kier molecular flexibility index (Phi) is 6.54. The second-order valence-corrected chi connectivity index (χ2v) is 8.36. The second kappa shape index (κ2) is 9.17. The molecule has 2 aliphatic rings. The zero-order chi connectivity index (χ0) is 22.0. The summed E-state index contributed by atoms with van der Waals surface area (Å²) in [5.41, 5.74) is 0.681. The molecule has 0 radical (unpaired) electrons. The van der Waals surface area contributed by atoms with Crippen LogP contribution in [0.1, 0.15) is 34.6 Å². The van der Waals surface area contributed by atoms with Gasteiger partial charge in [-0.25, -0.2) is 4.68 Å². The number of carbonyl (C=O) groups excluding carboxylic acids is 1. The summed E-state index contributed by atoms with van der Waals surface area (Å²) < 4.78 is 47.9. The number of benzene rings is 1. The number of hydrogen-bond donors (Lipinski definition) is 2. The fourth-order valence-electron chi connectivity index (χ4n) is 3.87. The van der Waals surface area contributed by atoms with Gasteiger partial charge in [0.05, 0.1) is 23.7 Å². The number of anilines is 1. The predicted molar refractivity (Wildman–Crippen MR) is 112 cm³/mol. The lowest BCUT2D eigenvalue weighted by molar-refractivity contribution is -0.173. The molecule has 0 unspecified atom stereocenters. The Morgan fingerprint density at radius 3 is 2.65 bits per heavy atom. The number of hydrogen-bond acceptors (Lipinski definition) is 5. The number of nitrogens with zero attached hydrogens (tertiary/aromatic N) is 3. The molecule has 1 aromatic carbocycles. The van der Waals surface area contributed by atoms with Crippen molar-refractivity contribution in [3.63, 3.8) is 0 Å². The van der Waals surface area contributed by atoms with Crippen molar-refractivity contribution in [1.82, 2.24) is 20.0 Å². The third-order valence-corrected chi connectivity index (χ3v) is 6.28. The van der Waals surface area contributed by atoms with E-state index in [9.17, 15) is 18.0 Å². The first-order valence-electron chi connectivity index (χ1n) is 10.1. The van der Waals surface area contributed by atoms with E-state index < -0.39 is 24.2 Å². The summed E-state index contributed by atoms with van der Waals surface area (Å²) in [4.78, 5) is 14.8. The molecule has 1 fully saturated rings. The number of halogens is 4. The van der Waals surface area contributed by atoms with Crippen LogP contribution in [0.3, 0.4) is 0 Å². The van der Waals surface area contributed by atoms with E-state index in [2.05, 4.69) is 36.6 Å². The molecule has 1 saturated heterocycles. The molecule has 11 heteroatoms. The molecule has 0 spiro atoms. The molecule has 0 aliphatic carbocycles. The summed E-state index contributed by atoms with van der Waals surface area (Å²) >= 11 is 3.30. The normalized spacial score (nSPS) is 21.9. The molecule has 0 saturated carbocycles. The fraction of sp³-hybridized carbons (Fsp3) is 0.500. The zero-order valence-electron chi connectivity index (χ0n) is 16.7. The standard InChI is InChI=1S/C20H23BrF3N5O2/c21-16-17(19(30)25-6-7-28-8-10-31-11-9-28)27-29-15(20(22,23)24)12-14(26-18(16)29)13-4-2-1-3-5-13/h1-5,14-15,26H,6-12H2,(H,25,30)/t14-,15+/m0/s1. The van der Waals surface area contributed by atoms with E-state index in [-0.39, 0.29) is 22.4 Å². The number of ether oxygens (including phenoxy) is 1. The Balaban J connectivity index is 1.53. The van der Waals surface area contributed by atoms with Gasteiger partial charge in [0.1, 0.15) is 5.82 Å². The van der Waals surface area contributed by atoms with Gasteiger partial charge in [0.2, 0.25) is 0 Å². The smallest absolute Gasteiger partial charge is 0.379 e. The van der Waals surface area contributed by atoms with Gasteiger partial charge in [-0.3, -0.25) is 9.69 Å². The molecule has 1 amide bonds. The highest BCUT2D eigenvalue weighted by Gasteiger charge is 2.47. The van der Waals surface area contributed by atoms with Crippen molar-refractivity contribution in [1.29, 1.82) is 0 Å². The van der Waals surface area contributed by atoms with E-state index >= 15 is 0 Å². The van der Waals surface area contributed by atoms with Gasteiger partial charge >= 0.3 is 6.18 Å². The number of nitrogens with one attached hydrogen (secondary N) is 2. The molecule has 0 bridgehead atoms. The first-order valence-corrected chi connectivity index (χ1v) is 10.9. The Labute approximate surface area is 186 Å². The number of carbonyl (C=O) groups is 1. The minimum absolute atomic E-state index is 0.0626. The number of alkyl halides is 3. The van der Waals surface area contributed by atoms with Crippen molar-refractivity contribution in [3.8, 4) is 0 Å². The van der Waals surface area contributed by atoms with Crippen LogP contribution in [0.4, 0.5) is 19.0 Å². The van der Waals surface area contributed by atoms with Gasteiger partial charge in [-0.2, -0.15) is 18.3 Å². The zero-order valence-corrected chi connectivity index (χ0v) is 18.2. The van der Waals surface area contributed by atoms with E-state index in [0.717, 1.165) is 23.3 Å². The van der Waals surface area contributed by atoms with Crippen LogP contribution in [-0.4, -0.2) is 66.2 Å². The molecule has 2 aromatic rings. The lowest BCUT2D eigenvalue weighted by Crippen LogP contribution is -2.41. The Hall–Kier alpha value is -2.11. The quantitative estimate of drug-likeness (QED) is 0.657. The SMILES string of the molecule is O=C(NCCN1CCOCC1)c1nn2c(c1Br)N[C@H](c1ccccc1)C[C@@H]2C(F)(F)F. The van der Waals surface area contributed by atoms with E-state index in [1.54, 1.807) is 24.3 Å². The topological polar surface area (TPSA) is 71.4 Å². The van der Waals surface area contributed by atoms with Crippen LogP contribution in [0.5, 0.6) is 0 Å². The highest BCUT2D eigenvalue weighted by molar-refractivity contribution is 9.10. The minimum atomic E-state index is -4.50. The Morgan fingerprint density at radius 1 is 1.26 bits per heavy atom. The number of rotatable bonds is 5. The van der Waals surface area contributed by atoms with E-state index in [1.165, 1.54) is 0 Å². The molecule has 31 heavy (non-hydrogen) atoms. The highest BCUT2D eigenvalue weighted by atomic mass is 79.9. The van der Waals surface area contributed by atoms with Crippen molar-refractivity contribution in [2.45, 2.75) is 24.7 Å². The van der Waals surface area contributed by atoms with Crippen LogP contribution < -0.4 is 10.6 Å². The molecule has 4 rings (SSSR count). The van der Waals surface area contributed by atoms with Crippen LogP contribution >= 0.6 is 15.9 Å². The maximum atomic E-state index is 13.8. The summed E-state index contributed by atoms with van der Waals surface area (Å²) in [5.74, 6) is -0.359. The number of amides is 1. The van der Waals surface area contributed by atoms with Crippen molar-refractivity contribution >= 4 is 27.7 Å². The van der Waals surface area contributed by atoms with Gasteiger partial charge < -0.3 is 15.4 Å². The number of morpholine rings is 1. The Bertz CT molecular complexity index is 916. The summed E-state index contributed by atoms with van der Waals surface area (Å²) in [6.07, 6.45) is -4.72. The molecular weight excluding hydrogens is 479 g/mol. The van der Waals surface area contributed by atoms with Gasteiger partial charge in [0.15, 0.2) is 11.7 Å². The van der Waals surface area contributed by atoms with Crippen molar-refractivity contribution < 1.29 is 22.7 Å². The van der Waals surface area contributed by atoms with E-state index in [0.29, 0.717) is 26.3 Å². The predicted octanol–water partition coefficient (Wildman–Crippen LogP) is 3.37. The monoisotopic (exact) mass is 501 g/mol. The van der Waals surface area contributed by atoms with Gasteiger partial charge in [-0.1, -0.05) is 30.3 Å². The second-order valence-electron chi connectivity index (χ2n) is 7.57. The molecule has 2 aliphatic heterocycles. The molecule has 3 heterocycles. The van der Waals surface area contributed by atoms with Crippen molar-refractivity contribution in [2.75, 3.05) is 44.7 Å². The first-order chi connectivity index (χ1) is 14.8. The molecule has 1 aromatic heterocycles. The third kappa shape index (κ3) is 4.88. The summed E-state index contributed by atoms with van der Waals surface area (Å²) in [5, 5.41) is 9.91. The van der Waals surface area contributed by atoms with Crippen LogP contribution in [0.2, 0.25) is 0 Å². The van der Waals surface area contributed by atoms with Crippen molar-refractivity contribution in [3.05, 3.63) is 46.1 Å². The fourth-order valence-corrected chi connectivity index (χ4v) is 4.43. The van der Waals surface area contributed by atoms with Crippen LogP contribution in [0.15, 0.2) is 34.8 Å². The molecule has 168 valence electrons. The van der Waals surface area contributed by atoms with Crippen LogP contribution in [-0.2, 0) is 4.74 Å². The number of aromatic nitrogens is 2. The van der Waals surface area contributed by atoms with Crippen molar-refractivity contribution in [2.24, 2.45) is 0 Å². The van der Waals surface area contributed by atoms with Crippen LogP contribution in [0, 0.1) is 0 Å². The minimum Gasteiger partial charge on any atom is -0.379 e. The van der Waals surface area contributed by atoms with Gasteiger partial charge in [-0.05, 0) is 21.5 Å². The number of fused-ring (bicyclic) bond motifs is 1.